The molecule has 2 heterocycles. The second-order valence-electron chi connectivity index (χ2n) is 5.55. The molecule has 1 fully saturated rings. The number of hydrogen-bond donors (Lipinski definition) is 1. The Hall–Kier alpha value is -1.85. The van der Waals surface area contributed by atoms with Gasteiger partial charge in [-0.15, -0.1) is 0 Å². The molecule has 22 heavy (non-hydrogen) atoms. The van der Waals surface area contributed by atoms with E-state index in [1.165, 1.54) is 5.56 Å². The molecular formula is C17H23N3O2. The number of H-pyrrole nitrogens is 1. The van der Waals surface area contributed by atoms with Gasteiger partial charge in [0, 0.05) is 30.5 Å². The Balaban J connectivity index is 1.80. The average Bonchev–Trinajstić information content (AvgIpc) is 2.96. The van der Waals surface area contributed by atoms with Gasteiger partial charge in [-0.05, 0) is 19.9 Å². The highest BCUT2D eigenvalue weighted by molar-refractivity contribution is 5.33. The lowest BCUT2D eigenvalue weighted by Crippen LogP contribution is -2.39. The minimum atomic E-state index is 0.164. The summed E-state index contributed by atoms with van der Waals surface area (Å²) >= 11 is 0. The summed E-state index contributed by atoms with van der Waals surface area (Å²) in [7, 11) is 0. The molecule has 1 atom stereocenters. The van der Waals surface area contributed by atoms with Crippen molar-refractivity contribution < 1.29 is 9.47 Å². The van der Waals surface area contributed by atoms with Gasteiger partial charge in [-0.2, -0.15) is 0 Å². The number of morpholine rings is 1. The normalized spacial score (nSPS) is 19.3. The number of rotatable bonds is 5. The molecule has 0 unspecified atom stereocenters. The van der Waals surface area contributed by atoms with Crippen molar-refractivity contribution in [2.24, 2.45) is 0 Å². The Labute approximate surface area is 131 Å². The summed E-state index contributed by atoms with van der Waals surface area (Å²) in [6.45, 7) is 7.88. The number of nitrogens with one attached hydrogen (secondary N) is 1. The van der Waals surface area contributed by atoms with Crippen molar-refractivity contribution in [3.8, 4) is 5.75 Å². The largest absolute Gasteiger partial charge is 0.494 e. The van der Waals surface area contributed by atoms with Crippen LogP contribution < -0.4 is 4.74 Å². The van der Waals surface area contributed by atoms with E-state index in [4.69, 9.17) is 9.47 Å². The maximum absolute atomic E-state index is 5.74. The number of aryl methyl sites for hydroxylation is 1. The van der Waals surface area contributed by atoms with Crippen molar-refractivity contribution >= 4 is 0 Å². The van der Waals surface area contributed by atoms with E-state index in [0.717, 1.165) is 37.0 Å². The van der Waals surface area contributed by atoms with Crippen LogP contribution in [-0.4, -0.2) is 41.2 Å². The molecule has 1 saturated heterocycles. The van der Waals surface area contributed by atoms with Crippen molar-refractivity contribution in [1.82, 2.24) is 14.9 Å². The Morgan fingerprint density at radius 3 is 3.05 bits per heavy atom. The lowest BCUT2D eigenvalue weighted by Gasteiger charge is -2.34. The van der Waals surface area contributed by atoms with Crippen LogP contribution in [-0.2, 0) is 11.3 Å². The number of imidazole rings is 1. The van der Waals surface area contributed by atoms with Crippen LogP contribution in [0.5, 0.6) is 5.75 Å². The molecule has 5 nitrogen and oxygen atoms in total. The van der Waals surface area contributed by atoms with Crippen molar-refractivity contribution in [3.05, 3.63) is 47.5 Å². The van der Waals surface area contributed by atoms with Crippen molar-refractivity contribution in [1.29, 1.82) is 0 Å². The van der Waals surface area contributed by atoms with Crippen LogP contribution in [0.1, 0.15) is 30.0 Å². The number of hydrogen-bond acceptors (Lipinski definition) is 4. The first kappa shape index (κ1) is 15.1. The van der Waals surface area contributed by atoms with E-state index in [0.29, 0.717) is 13.2 Å². The highest BCUT2D eigenvalue weighted by atomic mass is 16.5. The Morgan fingerprint density at radius 2 is 2.27 bits per heavy atom. The third kappa shape index (κ3) is 3.31. The first-order valence-electron chi connectivity index (χ1n) is 7.82. The number of benzene rings is 1. The molecule has 5 heteroatoms. The van der Waals surface area contributed by atoms with E-state index >= 15 is 0 Å². The zero-order chi connectivity index (χ0) is 15.4. The zero-order valence-electron chi connectivity index (χ0n) is 13.2. The first-order chi connectivity index (χ1) is 10.8. The van der Waals surface area contributed by atoms with Gasteiger partial charge in [0.15, 0.2) is 0 Å². The predicted octanol–water partition coefficient (Wildman–Crippen LogP) is 2.69. The molecule has 1 aromatic carbocycles. The van der Waals surface area contributed by atoms with E-state index in [-0.39, 0.29) is 6.04 Å². The molecule has 0 bridgehead atoms. The number of para-hydroxylation sites is 1. The van der Waals surface area contributed by atoms with Gasteiger partial charge >= 0.3 is 0 Å². The van der Waals surface area contributed by atoms with E-state index in [1.54, 1.807) is 0 Å². The van der Waals surface area contributed by atoms with Crippen LogP contribution in [0.3, 0.4) is 0 Å². The minimum Gasteiger partial charge on any atom is -0.494 e. The minimum absolute atomic E-state index is 0.164. The molecule has 1 aliphatic rings. The summed E-state index contributed by atoms with van der Waals surface area (Å²) in [5.74, 6) is 1.94. The number of ether oxygens (including phenoxy) is 2. The number of aromatic amines is 1. The Morgan fingerprint density at radius 1 is 1.41 bits per heavy atom. The summed E-state index contributed by atoms with van der Waals surface area (Å²) in [6, 6.07) is 8.40. The third-order valence-electron chi connectivity index (χ3n) is 3.92. The summed E-state index contributed by atoms with van der Waals surface area (Å²) in [4.78, 5) is 10.2. The van der Waals surface area contributed by atoms with Gasteiger partial charge in [0.05, 0.1) is 25.9 Å². The molecule has 0 amide bonds. The fraction of sp³-hybridized carbons (Fsp3) is 0.471. The Kier molecular flexibility index (Phi) is 4.75. The predicted molar refractivity (Wildman–Crippen MR) is 84.9 cm³/mol. The van der Waals surface area contributed by atoms with Crippen LogP contribution in [0.2, 0.25) is 0 Å². The Bertz CT molecular complexity index is 611. The maximum atomic E-state index is 5.74. The summed E-state index contributed by atoms with van der Waals surface area (Å²) in [6.07, 6.45) is 1.87. The molecule has 0 saturated carbocycles. The lowest BCUT2D eigenvalue weighted by atomic mass is 10.1. The number of aromatic nitrogens is 2. The maximum Gasteiger partial charge on any atom is 0.126 e. The number of nitrogens with zero attached hydrogens (tertiary/aromatic N) is 2. The molecule has 0 aliphatic carbocycles. The van der Waals surface area contributed by atoms with Gasteiger partial charge < -0.3 is 14.5 Å². The molecular weight excluding hydrogens is 278 g/mol. The SMILES string of the molecule is CCOc1ccccc1CN1CCOC[C@@H]1c1ncc(C)[nH]1. The summed E-state index contributed by atoms with van der Waals surface area (Å²) < 4.78 is 11.4. The van der Waals surface area contributed by atoms with Crippen molar-refractivity contribution in [2.45, 2.75) is 26.4 Å². The first-order valence-corrected chi connectivity index (χ1v) is 7.82. The topological polar surface area (TPSA) is 50.4 Å². The van der Waals surface area contributed by atoms with Crippen LogP contribution in [0.4, 0.5) is 0 Å². The van der Waals surface area contributed by atoms with Gasteiger partial charge in [-0.3, -0.25) is 4.90 Å². The fourth-order valence-corrected chi connectivity index (χ4v) is 2.83. The molecule has 1 aliphatic heterocycles. The van der Waals surface area contributed by atoms with Crippen LogP contribution in [0, 0.1) is 6.92 Å². The average molecular weight is 301 g/mol. The molecule has 3 rings (SSSR count). The monoisotopic (exact) mass is 301 g/mol. The second-order valence-corrected chi connectivity index (χ2v) is 5.55. The highest BCUT2D eigenvalue weighted by Gasteiger charge is 2.27. The van der Waals surface area contributed by atoms with Crippen LogP contribution in [0.25, 0.3) is 0 Å². The van der Waals surface area contributed by atoms with Gasteiger partial charge in [0.1, 0.15) is 11.6 Å². The van der Waals surface area contributed by atoms with Crippen molar-refractivity contribution in [2.75, 3.05) is 26.4 Å². The molecule has 1 aromatic heterocycles. The van der Waals surface area contributed by atoms with Gasteiger partial charge in [0.25, 0.3) is 0 Å². The van der Waals surface area contributed by atoms with Crippen LogP contribution >= 0.6 is 0 Å². The fourth-order valence-electron chi connectivity index (χ4n) is 2.83. The van der Waals surface area contributed by atoms with Gasteiger partial charge in [-0.1, -0.05) is 18.2 Å². The molecule has 1 N–H and O–H groups in total. The molecule has 2 aromatic rings. The van der Waals surface area contributed by atoms with E-state index in [9.17, 15) is 0 Å². The lowest BCUT2D eigenvalue weighted by molar-refractivity contribution is -0.0159. The smallest absolute Gasteiger partial charge is 0.126 e. The quantitative estimate of drug-likeness (QED) is 0.922. The molecule has 118 valence electrons. The van der Waals surface area contributed by atoms with E-state index in [1.807, 2.05) is 32.2 Å². The summed E-state index contributed by atoms with van der Waals surface area (Å²) in [5, 5.41) is 0. The zero-order valence-corrected chi connectivity index (χ0v) is 13.2. The van der Waals surface area contributed by atoms with E-state index in [2.05, 4.69) is 27.0 Å². The third-order valence-corrected chi connectivity index (χ3v) is 3.92. The standard InChI is InChI=1S/C17H23N3O2/c1-3-22-16-7-5-4-6-14(16)11-20-8-9-21-12-15(20)17-18-10-13(2)19-17/h4-7,10,15H,3,8-9,11-12H2,1-2H3,(H,18,19)/t15-/m1/s1. The molecule has 0 radical (unpaired) electrons. The van der Waals surface area contributed by atoms with Gasteiger partial charge in [0.2, 0.25) is 0 Å². The van der Waals surface area contributed by atoms with Gasteiger partial charge in [-0.25, -0.2) is 4.98 Å². The van der Waals surface area contributed by atoms with Crippen LogP contribution in [0.15, 0.2) is 30.5 Å². The molecule has 0 spiro atoms. The van der Waals surface area contributed by atoms with Crippen molar-refractivity contribution in [3.63, 3.8) is 0 Å². The summed E-state index contributed by atoms with van der Waals surface area (Å²) in [5.41, 5.74) is 2.29. The highest BCUT2D eigenvalue weighted by Crippen LogP contribution is 2.27. The second kappa shape index (κ2) is 6.94. The van der Waals surface area contributed by atoms with E-state index < -0.39 is 0 Å².